The lowest BCUT2D eigenvalue weighted by molar-refractivity contribution is -0.116. The zero-order chi connectivity index (χ0) is 19.5. The van der Waals surface area contributed by atoms with E-state index in [-0.39, 0.29) is 17.7 Å². The summed E-state index contributed by atoms with van der Waals surface area (Å²) < 4.78 is 0. The van der Waals surface area contributed by atoms with Gasteiger partial charge in [-0.3, -0.25) is 14.4 Å². The second-order valence-corrected chi connectivity index (χ2v) is 7.32. The van der Waals surface area contributed by atoms with Crippen LogP contribution in [-0.4, -0.2) is 30.8 Å². The second kappa shape index (κ2) is 7.94. The van der Waals surface area contributed by atoms with Crippen LogP contribution in [0.2, 0.25) is 0 Å². The van der Waals surface area contributed by atoms with E-state index in [0.717, 1.165) is 37.3 Å². The molecule has 0 atom stereocenters. The number of anilines is 2. The molecule has 6 nitrogen and oxygen atoms in total. The average molecular weight is 377 g/mol. The van der Waals surface area contributed by atoms with Gasteiger partial charge in [0.2, 0.25) is 5.91 Å². The number of hydrogen-bond donors (Lipinski definition) is 2. The molecule has 2 N–H and O–H groups in total. The van der Waals surface area contributed by atoms with E-state index >= 15 is 0 Å². The first-order chi connectivity index (χ1) is 13.6. The quantitative estimate of drug-likeness (QED) is 0.785. The summed E-state index contributed by atoms with van der Waals surface area (Å²) in [7, 11) is 0. The third kappa shape index (κ3) is 3.68. The van der Waals surface area contributed by atoms with Gasteiger partial charge in [-0.05, 0) is 68.6 Å². The largest absolute Gasteiger partial charge is 0.326 e. The fourth-order valence-corrected chi connectivity index (χ4v) is 3.88. The van der Waals surface area contributed by atoms with Gasteiger partial charge in [-0.2, -0.15) is 0 Å². The van der Waals surface area contributed by atoms with E-state index in [2.05, 4.69) is 10.6 Å². The predicted octanol–water partition coefficient (Wildman–Crippen LogP) is 3.21. The van der Waals surface area contributed by atoms with Crippen LogP contribution in [0.3, 0.4) is 0 Å². The van der Waals surface area contributed by atoms with Crippen molar-refractivity contribution in [2.75, 3.05) is 23.3 Å². The monoisotopic (exact) mass is 377 g/mol. The lowest BCUT2D eigenvalue weighted by atomic mass is 9.93. The Morgan fingerprint density at radius 3 is 2.36 bits per heavy atom. The lowest BCUT2D eigenvalue weighted by Crippen LogP contribution is -2.29. The zero-order valence-electron chi connectivity index (χ0n) is 15.6. The number of amides is 3. The molecule has 2 aliphatic heterocycles. The molecule has 0 radical (unpaired) electrons. The normalized spacial score (nSPS) is 16.9. The summed E-state index contributed by atoms with van der Waals surface area (Å²) in [5, 5.41) is 6.22. The van der Waals surface area contributed by atoms with Gasteiger partial charge >= 0.3 is 0 Å². The van der Waals surface area contributed by atoms with Crippen LogP contribution in [0.15, 0.2) is 48.5 Å². The number of piperidine rings is 1. The molecule has 0 aromatic heterocycles. The summed E-state index contributed by atoms with van der Waals surface area (Å²) in [4.78, 5) is 38.7. The minimum atomic E-state index is -0.338. The maximum atomic E-state index is 12.6. The number of carbonyl (C=O) groups is 3. The molecule has 0 bridgehead atoms. The Morgan fingerprint density at radius 1 is 1.00 bits per heavy atom. The summed E-state index contributed by atoms with van der Waals surface area (Å²) in [6.45, 7) is 2.04. The molecule has 3 amide bonds. The van der Waals surface area contributed by atoms with Gasteiger partial charge in [0.05, 0.1) is 16.8 Å². The van der Waals surface area contributed by atoms with Gasteiger partial charge in [0, 0.05) is 12.1 Å². The van der Waals surface area contributed by atoms with Gasteiger partial charge in [0.15, 0.2) is 0 Å². The van der Waals surface area contributed by atoms with E-state index in [9.17, 15) is 14.4 Å². The first kappa shape index (κ1) is 18.4. The number of imide groups is 1. The zero-order valence-corrected chi connectivity index (χ0v) is 15.6. The molecule has 4 rings (SSSR count). The number of rotatable bonds is 5. The van der Waals surface area contributed by atoms with Crippen molar-refractivity contribution in [1.82, 2.24) is 5.32 Å². The van der Waals surface area contributed by atoms with Crippen molar-refractivity contribution in [1.29, 1.82) is 0 Å². The molecule has 0 aliphatic carbocycles. The van der Waals surface area contributed by atoms with E-state index < -0.39 is 0 Å². The fourth-order valence-electron chi connectivity index (χ4n) is 3.88. The molecule has 2 aromatic carbocycles. The molecule has 2 aliphatic rings. The van der Waals surface area contributed by atoms with Crippen molar-refractivity contribution >= 4 is 29.1 Å². The van der Waals surface area contributed by atoms with E-state index in [1.54, 1.807) is 48.5 Å². The molecular weight excluding hydrogens is 354 g/mol. The highest BCUT2D eigenvalue weighted by atomic mass is 16.2. The van der Waals surface area contributed by atoms with E-state index in [1.807, 2.05) is 0 Å². The average Bonchev–Trinajstić information content (AvgIpc) is 2.98. The molecule has 1 fully saturated rings. The summed E-state index contributed by atoms with van der Waals surface area (Å²) in [5.41, 5.74) is 1.86. The van der Waals surface area contributed by atoms with Gasteiger partial charge in [0.25, 0.3) is 11.8 Å². The number of benzene rings is 2. The number of carbonyl (C=O) groups excluding carboxylic acids is 3. The van der Waals surface area contributed by atoms with Crippen molar-refractivity contribution in [2.24, 2.45) is 5.92 Å². The van der Waals surface area contributed by atoms with Crippen LogP contribution in [0.4, 0.5) is 11.4 Å². The molecule has 0 unspecified atom stereocenters. The summed E-state index contributed by atoms with van der Waals surface area (Å²) in [5.74, 6) is -0.125. The maximum absolute atomic E-state index is 12.6. The van der Waals surface area contributed by atoms with Gasteiger partial charge in [-0.15, -0.1) is 0 Å². The van der Waals surface area contributed by atoms with Crippen LogP contribution in [-0.2, 0) is 4.79 Å². The molecule has 2 aromatic rings. The highest BCUT2D eigenvalue weighted by Crippen LogP contribution is 2.29. The molecule has 6 heteroatoms. The third-order valence-corrected chi connectivity index (χ3v) is 5.42. The molecule has 28 heavy (non-hydrogen) atoms. The van der Waals surface area contributed by atoms with Crippen molar-refractivity contribution in [3.63, 3.8) is 0 Å². The van der Waals surface area contributed by atoms with E-state index in [0.29, 0.717) is 34.8 Å². The minimum Gasteiger partial charge on any atom is -0.326 e. The third-order valence-electron chi connectivity index (χ3n) is 5.42. The van der Waals surface area contributed by atoms with Gasteiger partial charge < -0.3 is 10.6 Å². The van der Waals surface area contributed by atoms with Crippen LogP contribution in [0, 0.1) is 5.92 Å². The van der Waals surface area contributed by atoms with Crippen LogP contribution in [0.1, 0.15) is 46.4 Å². The first-order valence-electron chi connectivity index (χ1n) is 9.72. The number of nitrogens with one attached hydrogen (secondary N) is 2. The lowest BCUT2D eigenvalue weighted by Gasteiger charge is -2.22. The van der Waals surface area contributed by atoms with Crippen LogP contribution in [0.5, 0.6) is 0 Å². The standard InChI is InChI=1S/C22H23N3O3/c26-20(9-8-15-10-12-23-13-11-15)24-16-4-3-5-17(14-16)25-21(27)18-6-1-2-7-19(18)22(25)28/h1-7,14-15,23H,8-13H2,(H,24,26). The van der Waals surface area contributed by atoms with Gasteiger partial charge in [0.1, 0.15) is 0 Å². The van der Waals surface area contributed by atoms with Gasteiger partial charge in [-0.25, -0.2) is 4.90 Å². The highest BCUT2D eigenvalue weighted by Gasteiger charge is 2.36. The highest BCUT2D eigenvalue weighted by molar-refractivity contribution is 6.34. The molecule has 1 saturated heterocycles. The predicted molar refractivity (Wildman–Crippen MR) is 107 cm³/mol. The Bertz CT molecular complexity index is 884. The molecule has 2 heterocycles. The van der Waals surface area contributed by atoms with Crippen molar-refractivity contribution in [3.05, 3.63) is 59.7 Å². The first-order valence-corrected chi connectivity index (χ1v) is 9.72. The van der Waals surface area contributed by atoms with Crippen molar-refractivity contribution in [3.8, 4) is 0 Å². The Labute approximate surface area is 163 Å². The molecule has 0 spiro atoms. The Kier molecular flexibility index (Phi) is 5.21. The van der Waals surface area contributed by atoms with Crippen LogP contribution < -0.4 is 15.5 Å². The van der Waals surface area contributed by atoms with Crippen LogP contribution in [0.25, 0.3) is 0 Å². The summed E-state index contributed by atoms with van der Waals surface area (Å²) >= 11 is 0. The maximum Gasteiger partial charge on any atom is 0.266 e. The van der Waals surface area contributed by atoms with E-state index in [1.165, 1.54) is 0 Å². The Morgan fingerprint density at radius 2 is 1.68 bits per heavy atom. The summed E-state index contributed by atoms with van der Waals surface area (Å²) in [6.07, 6.45) is 3.58. The molecule has 0 saturated carbocycles. The van der Waals surface area contributed by atoms with E-state index in [4.69, 9.17) is 0 Å². The molecule has 144 valence electrons. The van der Waals surface area contributed by atoms with Crippen LogP contribution >= 0.6 is 0 Å². The summed E-state index contributed by atoms with van der Waals surface area (Å²) in [6, 6.07) is 13.7. The number of hydrogen-bond acceptors (Lipinski definition) is 4. The SMILES string of the molecule is O=C(CCC1CCNCC1)Nc1cccc(N2C(=O)c3ccccc3C2=O)c1. The fraction of sp³-hybridized carbons (Fsp3) is 0.318. The van der Waals surface area contributed by atoms with Crippen molar-refractivity contribution < 1.29 is 14.4 Å². The second-order valence-electron chi connectivity index (χ2n) is 7.32. The Hall–Kier alpha value is -2.99. The molecular formula is C22H23N3O3. The smallest absolute Gasteiger partial charge is 0.266 e. The van der Waals surface area contributed by atoms with Crippen molar-refractivity contribution in [2.45, 2.75) is 25.7 Å². The Balaban J connectivity index is 1.43. The van der Waals surface area contributed by atoms with Gasteiger partial charge in [-0.1, -0.05) is 18.2 Å². The topological polar surface area (TPSA) is 78.5 Å². The minimum absolute atomic E-state index is 0.0435. The number of nitrogens with zero attached hydrogens (tertiary/aromatic N) is 1. The number of fused-ring (bicyclic) bond motifs is 1.